The van der Waals surface area contributed by atoms with Crippen molar-refractivity contribution < 1.29 is 33.3 Å². The molecule has 8 nitrogen and oxygen atoms in total. The fraction of sp³-hybridized carbons (Fsp3) is 0.571. The molecule has 1 aliphatic heterocycles. The van der Waals surface area contributed by atoms with Crippen LogP contribution in [-0.4, -0.2) is 56.9 Å². The third-order valence-corrected chi connectivity index (χ3v) is 4.87. The van der Waals surface area contributed by atoms with Crippen molar-refractivity contribution in [1.29, 1.82) is 0 Å². The van der Waals surface area contributed by atoms with E-state index in [0.717, 1.165) is 19.4 Å². The maximum Gasteiger partial charge on any atom is 0.338 e. The minimum absolute atomic E-state index is 0.107. The van der Waals surface area contributed by atoms with Crippen molar-refractivity contribution in [2.45, 2.75) is 45.3 Å². The Kier molecular flexibility index (Phi) is 8.92. The van der Waals surface area contributed by atoms with Crippen LogP contribution >= 0.6 is 0 Å². The highest BCUT2D eigenvalue weighted by atomic mass is 16.5. The number of ether oxygens (including phenoxy) is 4. The Morgan fingerprint density at radius 3 is 2.55 bits per heavy atom. The summed E-state index contributed by atoms with van der Waals surface area (Å²) in [5.74, 6) is -1.21. The van der Waals surface area contributed by atoms with Crippen molar-refractivity contribution in [3.8, 4) is 5.75 Å². The van der Waals surface area contributed by atoms with Crippen LogP contribution in [0.3, 0.4) is 0 Å². The first kappa shape index (κ1) is 22.7. The molecule has 1 amide bonds. The summed E-state index contributed by atoms with van der Waals surface area (Å²) in [5.41, 5.74) is 0.300. The first-order valence-corrected chi connectivity index (χ1v) is 9.83. The highest BCUT2D eigenvalue weighted by molar-refractivity contribution is 5.92. The lowest BCUT2D eigenvalue weighted by atomic mass is 9.99. The summed E-state index contributed by atoms with van der Waals surface area (Å²) < 4.78 is 20.9. The van der Waals surface area contributed by atoms with Crippen molar-refractivity contribution >= 4 is 17.8 Å². The predicted molar refractivity (Wildman–Crippen MR) is 105 cm³/mol. The van der Waals surface area contributed by atoms with Gasteiger partial charge in [-0.1, -0.05) is 20.3 Å². The van der Waals surface area contributed by atoms with Gasteiger partial charge in [0.25, 0.3) is 5.91 Å². The SMILES string of the molecule is CC[C@H](C)[C@H](NC(=O)COC(=O)c1ccc(OC[C@@H]2CCCO2)cc1)C(=O)OC. The van der Waals surface area contributed by atoms with Gasteiger partial charge >= 0.3 is 11.9 Å². The average Bonchev–Trinajstić information content (AvgIpc) is 3.27. The smallest absolute Gasteiger partial charge is 0.338 e. The molecule has 0 radical (unpaired) electrons. The molecule has 1 fully saturated rings. The zero-order valence-corrected chi connectivity index (χ0v) is 17.1. The van der Waals surface area contributed by atoms with Crippen LogP contribution in [0.4, 0.5) is 0 Å². The molecule has 2 rings (SSSR count). The van der Waals surface area contributed by atoms with Gasteiger partial charge < -0.3 is 24.3 Å². The van der Waals surface area contributed by atoms with E-state index in [1.807, 2.05) is 13.8 Å². The molecule has 1 aliphatic rings. The molecule has 0 saturated carbocycles. The zero-order valence-electron chi connectivity index (χ0n) is 17.1. The van der Waals surface area contributed by atoms with E-state index in [1.54, 1.807) is 24.3 Å². The fourth-order valence-corrected chi connectivity index (χ4v) is 2.88. The molecule has 29 heavy (non-hydrogen) atoms. The van der Waals surface area contributed by atoms with E-state index in [1.165, 1.54) is 7.11 Å². The van der Waals surface area contributed by atoms with Gasteiger partial charge in [0.1, 0.15) is 18.4 Å². The molecule has 1 heterocycles. The summed E-state index contributed by atoms with van der Waals surface area (Å²) in [7, 11) is 1.26. The lowest BCUT2D eigenvalue weighted by Gasteiger charge is -2.21. The summed E-state index contributed by atoms with van der Waals surface area (Å²) in [6, 6.07) is 5.70. The van der Waals surface area contributed by atoms with Crippen LogP contribution in [0.15, 0.2) is 24.3 Å². The predicted octanol–water partition coefficient (Wildman–Crippen LogP) is 2.11. The molecule has 0 bridgehead atoms. The summed E-state index contributed by atoms with van der Waals surface area (Å²) in [6.45, 7) is 4.49. The molecule has 0 unspecified atom stereocenters. The van der Waals surface area contributed by atoms with Gasteiger partial charge in [-0.05, 0) is 43.0 Å². The molecular weight excluding hydrogens is 378 g/mol. The number of rotatable bonds is 10. The Morgan fingerprint density at radius 1 is 1.24 bits per heavy atom. The van der Waals surface area contributed by atoms with Crippen molar-refractivity contribution in [2.75, 3.05) is 26.9 Å². The number of hydrogen-bond acceptors (Lipinski definition) is 7. The Hall–Kier alpha value is -2.61. The van der Waals surface area contributed by atoms with Crippen molar-refractivity contribution in [2.24, 2.45) is 5.92 Å². The van der Waals surface area contributed by atoms with Gasteiger partial charge in [-0.3, -0.25) is 4.79 Å². The number of methoxy groups -OCH3 is 1. The number of amides is 1. The van der Waals surface area contributed by atoms with Crippen LogP contribution in [0, 0.1) is 5.92 Å². The second-order valence-corrected chi connectivity index (χ2v) is 7.00. The number of carbonyl (C=O) groups excluding carboxylic acids is 3. The first-order valence-electron chi connectivity index (χ1n) is 9.83. The van der Waals surface area contributed by atoms with Gasteiger partial charge in [0.05, 0.1) is 18.8 Å². The summed E-state index contributed by atoms with van der Waals surface area (Å²) in [4.78, 5) is 36.0. The molecule has 3 atom stereocenters. The van der Waals surface area contributed by atoms with Crippen molar-refractivity contribution in [3.05, 3.63) is 29.8 Å². The second kappa shape index (κ2) is 11.4. The fourth-order valence-electron chi connectivity index (χ4n) is 2.88. The van der Waals surface area contributed by atoms with Gasteiger partial charge in [0.2, 0.25) is 0 Å². The molecule has 1 saturated heterocycles. The van der Waals surface area contributed by atoms with E-state index in [0.29, 0.717) is 24.3 Å². The van der Waals surface area contributed by atoms with Crippen LogP contribution in [0.2, 0.25) is 0 Å². The van der Waals surface area contributed by atoms with Gasteiger partial charge in [-0.15, -0.1) is 0 Å². The first-order chi connectivity index (χ1) is 13.9. The van der Waals surface area contributed by atoms with E-state index in [-0.39, 0.29) is 12.0 Å². The number of hydrogen-bond donors (Lipinski definition) is 1. The topological polar surface area (TPSA) is 100 Å². The number of benzene rings is 1. The molecule has 0 aromatic heterocycles. The van der Waals surface area contributed by atoms with Crippen LogP contribution in [0.25, 0.3) is 0 Å². The van der Waals surface area contributed by atoms with Gasteiger partial charge in [-0.25, -0.2) is 9.59 Å². The van der Waals surface area contributed by atoms with E-state index >= 15 is 0 Å². The summed E-state index contributed by atoms with van der Waals surface area (Å²) in [5, 5.41) is 2.56. The molecule has 8 heteroatoms. The summed E-state index contributed by atoms with van der Waals surface area (Å²) >= 11 is 0. The van der Waals surface area contributed by atoms with Crippen LogP contribution in [0.5, 0.6) is 5.75 Å². The van der Waals surface area contributed by atoms with Crippen molar-refractivity contribution in [1.82, 2.24) is 5.32 Å². The van der Waals surface area contributed by atoms with E-state index in [4.69, 9.17) is 18.9 Å². The maximum absolute atomic E-state index is 12.1. The van der Waals surface area contributed by atoms with Gasteiger partial charge in [0, 0.05) is 6.61 Å². The minimum Gasteiger partial charge on any atom is -0.491 e. The molecule has 0 aliphatic carbocycles. The molecule has 1 aromatic rings. The van der Waals surface area contributed by atoms with Gasteiger partial charge in [0.15, 0.2) is 6.61 Å². The Bertz CT molecular complexity index is 683. The van der Waals surface area contributed by atoms with Crippen LogP contribution in [-0.2, 0) is 23.8 Å². The monoisotopic (exact) mass is 407 g/mol. The molecule has 1 N–H and O–H groups in total. The molecular formula is C21H29NO7. The highest BCUT2D eigenvalue weighted by Crippen LogP contribution is 2.17. The van der Waals surface area contributed by atoms with Gasteiger partial charge in [-0.2, -0.15) is 0 Å². The third kappa shape index (κ3) is 7.05. The second-order valence-electron chi connectivity index (χ2n) is 7.00. The molecule has 1 aromatic carbocycles. The van der Waals surface area contributed by atoms with Crippen molar-refractivity contribution in [3.63, 3.8) is 0 Å². The molecule has 160 valence electrons. The average molecular weight is 407 g/mol. The van der Waals surface area contributed by atoms with Crippen LogP contribution in [0.1, 0.15) is 43.5 Å². The Labute approximate surface area is 170 Å². The standard InChI is InChI=1S/C21H29NO7/c1-4-14(2)19(21(25)26-3)22-18(23)13-29-20(24)15-7-9-16(10-8-15)28-12-17-6-5-11-27-17/h7-10,14,17,19H,4-6,11-13H2,1-3H3,(H,22,23)/t14-,17-,19-/m0/s1. The maximum atomic E-state index is 12.1. The van der Waals surface area contributed by atoms with E-state index in [2.05, 4.69) is 5.32 Å². The minimum atomic E-state index is -0.781. The largest absolute Gasteiger partial charge is 0.491 e. The quantitative estimate of drug-likeness (QED) is 0.593. The van der Waals surface area contributed by atoms with Crippen LogP contribution < -0.4 is 10.1 Å². The molecule has 0 spiro atoms. The lowest BCUT2D eigenvalue weighted by molar-refractivity contribution is -0.147. The Balaban J connectivity index is 1.79. The number of nitrogens with one attached hydrogen (secondary N) is 1. The summed E-state index contributed by atoms with van der Waals surface area (Å²) in [6.07, 6.45) is 2.83. The number of esters is 2. The lowest BCUT2D eigenvalue weighted by Crippen LogP contribution is -2.47. The highest BCUT2D eigenvalue weighted by Gasteiger charge is 2.27. The number of carbonyl (C=O) groups is 3. The Morgan fingerprint density at radius 2 is 1.97 bits per heavy atom. The third-order valence-electron chi connectivity index (χ3n) is 4.87. The zero-order chi connectivity index (χ0) is 21.2. The normalized spacial score (nSPS) is 17.8. The van der Waals surface area contributed by atoms with E-state index < -0.39 is 30.5 Å². The van der Waals surface area contributed by atoms with E-state index in [9.17, 15) is 14.4 Å².